The molecule has 0 fully saturated rings. The number of carbonyl (C=O) groups is 1. The summed E-state index contributed by atoms with van der Waals surface area (Å²) in [6.07, 6.45) is 4.60. The first kappa shape index (κ1) is 16.7. The Kier molecular flexibility index (Phi) is 8.34. The smallest absolute Gasteiger partial charge is 0.220 e. The van der Waals surface area contributed by atoms with E-state index in [1.54, 1.807) is 11.3 Å². The number of halogens is 1. The van der Waals surface area contributed by atoms with E-state index in [2.05, 4.69) is 34.2 Å². The molecule has 3 N–H and O–H groups in total. The molecule has 3 nitrogen and oxygen atoms in total. The molecule has 19 heavy (non-hydrogen) atoms. The normalized spacial score (nSPS) is 12.4. The highest BCUT2D eigenvalue weighted by Gasteiger charge is 2.08. The van der Waals surface area contributed by atoms with Gasteiger partial charge in [-0.1, -0.05) is 13.3 Å². The molecule has 0 spiro atoms. The number of hydrogen-bond acceptors (Lipinski definition) is 3. The molecule has 0 aliphatic carbocycles. The van der Waals surface area contributed by atoms with Crippen LogP contribution >= 0.6 is 27.3 Å². The average Bonchev–Trinajstić information content (AvgIpc) is 2.80. The molecule has 0 saturated carbocycles. The Morgan fingerprint density at radius 3 is 2.84 bits per heavy atom. The Hall–Kier alpha value is -0.390. The van der Waals surface area contributed by atoms with Crippen LogP contribution in [0.3, 0.4) is 0 Å². The minimum absolute atomic E-state index is 0.158. The van der Waals surface area contributed by atoms with Gasteiger partial charge in [0.25, 0.3) is 0 Å². The van der Waals surface area contributed by atoms with Crippen LogP contribution in [-0.4, -0.2) is 19.0 Å². The highest BCUT2D eigenvalue weighted by atomic mass is 79.9. The van der Waals surface area contributed by atoms with E-state index in [1.165, 1.54) is 4.88 Å². The molecule has 0 aromatic carbocycles. The van der Waals surface area contributed by atoms with Gasteiger partial charge in [0.05, 0.1) is 3.79 Å². The summed E-state index contributed by atoms with van der Waals surface area (Å²) in [4.78, 5) is 13.0. The number of rotatable bonds is 9. The van der Waals surface area contributed by atoms with Crippen LogP contribution in [0.2, 0.25) is 0 Å². The molecule has 1 amide bonds. The molecule has 1 aromatic heterocycles. The zero-order valence-electron chi connectivity index (χ0n) is 11.5. The highest BCUT2D eigenvalue weighted by Crippen LogP contribution is 2.22. The van der Waals surface area contributed by atoms with Crippen molar-refractivity contribution in [1.29, 1.82) is 0 Å². The highest BCUT2D eigenvalue weighted by molar-refractivity contribution is 9.11. The van der Waals surface area contributed by atoms with E-state index in [0.29, 0.717) is 18.9 Å². The lowest BCUT2D eigenvalue weighted by Crippen LogP contribution is -2.26. The fourth-order valence-corrected chi connectivity index (χ4v) is 3.51. The molecule has 0 aliphatic heterocycles. The van der Waals surface area contributed by atoms with Crippen molar-refractivity contribution in [3.05, 3.63) is 20.8 Å². The topological polar surface area (TPSA) is 55.1 Å². The molecule has 1 rings (SSSR count). The largest absolute Gasteiger partial charge is 0.356 e. The van der Waals surface area contributed by atoms with Crippen LogP contribution in [0.25, 0.3) is 0 Å². The number of amides is 1. The van der Waals surface area contributed by atoms with Gasteiger partial charge in [-0.05, 0) is 59.8 Å². The van der Waals surface area contributed by atoms with Crippen molar-refractivity contribution in [2.24, 2.45) is 11.7 Å². The van der Waals surface area contributed by atoms with Gasteiger partial charge >= 0.3 is 0 Å². The second-order valence-corrected chi connectivity index (χ2v) is 7.24. The SMILES string of the molecule is CCC(CCN)CCC(=O)NCCc1ccc(Br)s1. The van der Waals surface area contributed by atoms with Crippen LogP contribution in [-0.2, 0) is 11.2 Å². The van der Waals surface area contributed by atoms with Gasteiger partial charge in [-0.2, -0.15) is 0 Å². The van der Waals surface area contributed by atoms with Crippen molar-refractivity contribution in [3.8, 4) is 0 Å². The molecule has 108 valence electrons. The predicted octanol–water partition coefficient (Wildman–Crippen LogP) is 3.32. The maximum Gasteiger partial charge on any atom is 0.220 e. The molecule has 0 aliphatic rings. The summed E-state index contributed by atoms with van der Waals surface area (Å²) in [7, 11) is 0. The monoisotopic (exact) mass is 346 g/mol. The molecule has 0 saturated heterocycles. The Morgan fingerprint density at radius 2 is 2.26 bits per heavy atom. The average molecular weight is 347 g/mol. The van der Waals surface area contributed by atoms with Gasteiger partial charge in [0, 0.05) is 17.8 Å². The van der Waals surface area contributed by atoms with Crippen LogP contribution in [0.4, 0.5) is 0 Å². The van der Waals surface area contributed by atoms with Gasteiger partial charge in [-0.15, -0.1) is 11.3 Å². The van der Waals surface area contributed by atoms with Gasteiger partial charge in [0.1, 0.15) is 0 Å². The third-order valence-electron chi connectivity index (χ3n) is 3.25. The summed E-state index contributed by atoms with van der Waals surface area (Å²) < 4.78 is 1.14. The van der Waals surface area contributed by atoms with Crippen LogP contribution < -0.4 is 11.1 Å². The molecular weight excluding hydrogens is 324 g/mol. The molecule has 0 bridgehead atoms. The van der Waals surface area contributed by atoms with Crippen molar-refractivity contribution in [2.45, 2.75) is 39.0 Å². The van der Waals surface area contributed by atoms with Crippen LogP contribution in [0, 0.1) is 5.92 Å². The lowest BCUT2D eigenvalue weighted by molar-refractivity contribution is -0.121. The third kappa shape index (κ3) is 7.09. The minimum atomic E-state index is 0.158. The number of nitrogens with two attached hydrogens (primary N) is 1. The second kappa shape index (κ2) is 9.50. The van der Waals surface area contributed by atoms with E-state index in [9.17, 15) is 4.79 Å². The lowest BCUT2D eigenvalue weighted by Gasteiger charge is -2.13. The van der Waals surface area contributed by atoms with Gasteiger partial charge in [-0.3, -0.25) is 4.79 Å². The van der Waals surface area contributed by atoms with Crippen molar-refractivity contribution in [2.75, 3.05) is 13.1 Å². The number of nitrogens with one attached hydrogen (secondary N) is 1. The Balaban J connectivity index is 2.14. The van der Waals surface area contributed by atoms with E-state index in [4.69, 9.17) is 5.73 Å². The minimum Gasteiger partial charge on any atom is -0.356 e. The maximum absolute atomic E-state index is 11.7. The summed E-state index contributed by atoms with van der Waals surface area (Å²) in [5, 5.41) is 2.98. The van der Waals surface area contributed by atoms with Crippen LogP contribution in [0.15, 0.2) is 15.9 Å². The van der Waals surface area contributed by atoms with Crippen molar-refractivity contribution in [3.63, 3.8) is 0 Å². The Morgan fingerprint density at radius 1 is 1.47 bits per heavy atom. The number of hydrogen-bond donors (Lipinski definition) is 2. The fraction of sp³-hybridized carbons (Fsp3) is 0.643. The zero-order valence-corrected chi connectivity index (χ0v) is 13.9. The van der Waals surface area contributed by atoms with E-state index in [0.717, 1.165) is 36.0 Å². The lowest BCUT2D eigenvalue weighted by atomic mass is 9.96. The Labute approximate surface area is 128 Å². The van der Waals surface area contributed by atoms with E-state index in [1.807, 2.05) is 6.07 Å². The first-order valence-corrected chi connectivity index (χ1v) is 8.47. The standard InChI is InChI=1S/C14H23BrN2OS/c1-2-11(7-9-16)3-6-14(18)17-10-8-12-4-5-13(15)19-12/h4-5,11H,2-3,6-10,16H2,1H3,(H,17,18). The zero-order chi connectivity index (χ0) is 14.1. The number of thiophene rings is 1. The summed E-state index contributed by atoms with van der Waals surface area (Å²) >= 11 is 5.16. The van der Waals surface area contributed by atoms with Gasteiger partial charge in [0.2, 0.25) is 5.91 Å². The van der Waals surface area contributed by atoms with Gasteiger partial charge in [0.15, 0.2) is 0 Å². The first-order chi connectivity index (χ1) is 9.15. The Bertz CT molecular complexity index is 381. The number of carbonyl (C=O) groups excluding carboxylic acids is 1. The molecule has 1 aromatic rings. The quantitative estimate of drug-likeness (QED) is 0.720. The van der Waals surface area contributed by atoms with Crippen molar-refractivity contribution < 1.29 is 4.79 Å². The summed E-state index contributed by atoms with van der Waals surface area (Å²) in [6, 6.07) is 4.13. The molecule has 1 heterocycles. The summed E-state index contributed by atoms with van der Waals surface area (Å²) in [6.45, 7) is 3.60. The van der Waals surface area contributed by atoms with Crippen LogP contribution in [0.1, 0.15) is 37.5 Å². The van der Waals surface area contributed by atoms with Crippen LogP contribution in [0.5, 0.6) is 0 Å². The first-order valence-electron chi connectivity index (χ1n) is 6.86. The fourth-order valence-electron chi connectivity index (χ4n) is 2.02. The van der Waals surface area contributed by atoms with Crippen molar-refractivity contribution >= 4 is 33.2 Å². The maximum atomic E-state index is 11.7. The van der Waals surface area contributed by atoms with Crippen molar-refractivity contribution in [1.82, 2.24) is 5.32 Å². The molecular formula is C14H23BrN2OS. The molecule has 1 unspecified atom stereocenters. The summed E-state index contributed by atoms with van der Waals surface area (Å²) in [5.41, 5.74) is 5.55. The predicted molar refractivity (Wildman–Crippen MR) is 85.4 cm³/mol. The van der Waals surface area contributed by atoms with E-state index in [-0.39, 0.29) is 5.91 Å². The molecule has 0 radical (unpaired) electrons. The molecule has 1 atom stereocenters. The summed E-state index contributed by atoms with van der Waals surface area (Å²) in [5.74, 6) is 0.745. The van der Waals surface area contributed by atoms with Gasteiger partial charge < -0.3 is 11.1 Å². The van der Waals surface area contributed by atoms with E-state index < -0.39 is 0 Å². The second-order valence-electron chi connectivity index (χ2n) is 4.70. The third-order valence-corrected chi connectivity index (χ3v) is 4.94. The molecule has 5 heteroatoms. The van der Waals surface area contributed by atoms with E-state index >= 15 is 0 Å². The van der Waals surface area contributed by atoms with Gasteiger partial charge in [-0.25, -0.2) is 0 Å².